The molecule has 0 spiro atoms. The van der Waals surface area contributed by atoms with Crippen LogP contribution in [0, 0.1) is 0 Å². The fourth-order valence-electron chi connectivity index (χ4n) is 1.70. The third kappa shape index (κ3) is 2.13. The van der Waals surface area contributed by atoms with Gasteiger partial charge >= 0.3 is 0 Å². The van der Waals surface area contributed by atoms with Gasteiger partial charge in [-0.05, 0) is 19.9 Å². The van der Waals surface area contributed by atoms with Gasteiger partial charge in [-0.2, -0.15) is 4.98 Å². The van der Waals surface area contributed by atoms with Gasteiger partial charge in [0.05, 0.1) is 0 Å². The van der Waals surface area contributed by atoms with Crippen molar-refractivity contribution >= 4 is 20.9 Å². The molecule has 0 aliphatic rings. The minimum absolute atomic E-state index is 0.108. The zero-order valence-corrected chi connectivity index (χ0v) is 11.1. The molecule has 2 aromatic heterocycles. The van der Waals surface area contributed by atoms with E-state index in [1.165, 1.54) is 16.8 Å². The van der Waals surface area contributed by atoms with Crippen molar-refractivity contribution in [1.29, 1.82) is 0 Å². The zero-order valence-electron chi connectivity index (χ0n) is 10.3. The number of sulfone groups is 1. The van der Waals surface area contributed by atoms with E-state index in [9.17, 15) is 13.2 Å². The van der Waals surface area contributed by atoms with Crippen LogP contribution in [0.25, 0.3) is 11.0 Å². The van der Waals surface area contributed by atoms with Gasteiger partial charge in [0.2, 0.25) is 15.0 Å². The van der Waals surface area contributed by atoms with Gasteiger partial charge in [0.15, 0.2) is 0 Å². The third-order valence-electron chi connectivity index (χ3n) is 2.49. The molecule has 0 unspecified atom stereocenters. The molecule has 6 nitrogen and oxygen atoms in total. The molecule has 7 heteroatoms. The Balaban J connectivity index is 2.90. The van der Waals surface area contributed by atoms with E-state index in [1.807, 2.05) is 13.8 Å². The standard InChI is InChI=1S/C11H13N3O3S/c1-7(2)14-9(15)5-4-8-6-12-11(13-10(8)14)18(3,16)17/h4-7H,1-3H3. The van der Waals surface area contributed by atoms with Crippen LogP contribution in [0.4, 0.5) is 0 Å². The fraction of sp³-hybridized carbons (Fsp3) is 0.364. The highest BCUT2D eigenvalue weighted by Crippen LogP contribution is 2.14. The number of hydrogen-bond donors (Lipinski definition) is 0. The summed E-state index contributed by atoms with van der Waals surface area (Å²) in [6.07, 6.45) is 2.45. The van der Waals surface area contributed by atoms with Crippen molar-refractivity contribution in [2.75, 3.05) is 6.26 Å². The van der Waals surface area contributed by atoms with E-state index < -0.39 is 9.84 Å². The Morgan fingerprint density at radius 3 is 2.50 bits per heavy atom. The molecule has 0 amide bonds. The second kappa shape index (κ2) is 4.16. The molecule has 0 atom stereocenters. The van der Waals surface area contributed by atoms with Crippen LogP contribution in [0.15, 0.2) is 28.3 Å². The summed E-state index contributed by atoms with van der Waals surface area (Å²) >= 11 is 0. The Kier molecular flexibility index (Phi) is 2.94. The lowest BCUT2D eigenvalue weighted by atomic mass is 10.3. The fourth-order valence-corrected chi connectivity index (χ4v) is 2.20. The average Bonchev–Trinajstić information content (AvgIpc) is 2.26. The smallest absolute Gasteiger partial charge is 0.252 e. The quantitative estimate of drug-likeness (QED) is 0.751. The number of rotatable bonds is 2. The number of fused-ring (bicyclic) bond motifs is 1. The van der Waals surface area contributed by atoms with E-state index in [1.54, 1.807) is 6.07 Å². The van der Waals surface area contributed by atoms with Crippen molar-refractivity contribution in [3.05, 3.63) is 28.7 Å². The minimum atomic E-state index is -3.49. The summed E-state index contributed by atoms with van der Waals surface area (Å²) in [5.41, 5.74) is 0.128. The monoisotopic (exact) mass is 267 g/mol. The highest BCUT2D eigenvalue weighted by atomic mass is 32.2. The van der Waals surface area contributed by atoms with Gasteiger partial charge in [0, 0.05) is 29.9 Å². The van der Waals surface area contributed by atoms with Gasteiger partial charge < -0.3 is 0 Å². The summed E-state index contributed by atoms with van der Waals surface area (Å²) in [5.74, 6) is 0. The SMILES string of the molecule is CC(C)n1c(=O)ccc2cnc(S(C)(=O)=O)nc21. The summed E-state index contributed by atoms with van der Waals surface area (Å²) in [7, 11) is -3.49. The van der Waals surface area contributed by atoms with Crippen LogP contribution in [0.2, 0.25) is 0 Å². The van der Waals surface area contributed by atoms with E-state index in [-0.39, 0.29) is 16.8 Å². The molecular weight excluding hydrogens is 254 g/mol. The molecule has 0 bridgehead atoms. The summed E-state index contributed by atoms with van der Waals surface area (Å²) in [4.78, 5) is 19.6. The van der Waals surface area contributed by atoms with Gasteiger partial charge in [0.25, 0.3) is 5.56 Å². The number of pyridine rings is 1. The zero-order chi connectivity index (χ0) is 13.5. The van der Waals surface area contributed by atoms with E-state index >= 15 is 0 Å². The van der Waals surface area contributed by atoms with Crippen molar-refractivity contribution in [3.63, 3.8) is 0 Å². The predicted molar refractivity (Wildman–Crippen MR) is 67.3 cm³/mol. The Morgan fingerprint density at radius 1 is 1.28 bits per heavy atom. The van der Waals surface area contributed by atoms with Crippen LogP contribution in [0.3, 0.4) is 0 Å². The number of aromatic nitrogens is 3. The third-order valence-corrected chi connectivity index (χ3v) is 3.35. The molecule has 2 heterocycles. The summed E-state index contributed by atoms with van der Waals surface area (Å²) in [6.45, 7) is 3.67. The van der Waals surface area contributed by atoms with E-state index in [0.29, 0.717) is 11.0 Å². The maximum Gasteiger partial charge on any atom is 0.252 e. The van der Waals surface area contributed by atoms with Crippen LogP contribution in [-0.2, 0) is 9.84 Å². The number of hydrogen-bond acceptors (Lipinski definition) is 5. The van der Waals surface area contributed by atoms with Gasteiger partial charge in [-0.1, -0.05) is 0 Å². The van der Waals surface area contributed by atoms with Crippen LogP contribution in [0.1, 0.15) is 19.9 Å². The van der Waals surface area contributed by atoms with Crippen molar-refractivity contribution in [1.82, 2.24) is 14.5 Å². The molecule has 2 aromatic rings. The van der Waals surface area contributed by atoms with Crippen molar-refractivity contribution in [2.24, 2.45) is 0 Å². The lowest BCUT2D eigenvalue weighted by Crippen LogP contribution is -2.22. The van der Waals surface area contributed by atoms with Crippen molar-refractivity contribution in [2.45, 2.75) is 25.0 Å². The van der Waals surface area contributed by atoms with Crippen LogP contribution >= 0.6 is 0 Å². The Bertz CT molecular complexity index is 763. The lowest BCUT2D eigenvalue weighted by Gasteiger charge is -2.12. The van der Waals surface area contributed by atoms with Crippen molar-refractivity contribution < 1.29 is 8.42 Å². The van der Waals surface area contributed by atoms with E-state index in [2.05, 4.69) is 9.97 Å². The Morgan fingerprint density at radius 2 is 1.94 bits per heavy atom. The first-order valence-corrected chi connectivity index (χ1v) is 7.28. The van der Waals surface area contributed by atoms with Gasteiger partial charge in [-0.15, -0.1) is 0 Å². The molecular formula is C11H13N3O3S. The Labute approximate surface area is 104 Å². The van der Waals surface area contributed by atoms with Crippen LogP contribution in [-0.4, -0.2) is 29.2 Å². The highest BCUT2D eigenvalue weighted by Gasteiger charge is 2.14. The largest absolute Gasteiger partial charge is 0.290 e. The number of nitrogens with zero attached hydrogens (tertiary/aromatic N) is 3. The molecule has 2 rings (SSSR count). The normalized spacial score (nSPS) is 12.2. The van der Waals surface area contributed by atoms with Gasteiger partial charge in [-0.3, -0.25) is 9.36 Å². The molecule has 0 aliphatic carbocycles. The first kappa shape index (κ1) is 12.7. The topological polar surface area (TPSA) is 81.9 Å². The molecule has 0 aliphatic heterocycles. The van der Waals surface area contributed by atoms with Crippen LogP contribution < -0.4 is 5.56 Å². The van der Waals surface area contributed by atoms with Gasteiger partial charge in [0.1, 0.15) is 5.65 Å². The summed E-state index contributed by atoms with van der Waals surface area (Å²) < 4.78 is 24.3. The molecule has 0 fully saturated rings. The summed E-state index contributed by atoms with van der Waals surface area (Å²) in [6, 6.07) is 2.90. The second-order valence-corrected chi connectivity index (χ2v) is 6.25. The van der Waals surface area contributed by atoms with E-state index in [4.69, 9.17) is 0 Å². The van der Waals surface area contributed by atoms with Gasteiger partial charge in [-0.25, -0.2) is 13.4 Å². The molecule has 0 N–H and O–H groups in total. The molecule has 0 saturated carbocycles. The maximum absolute atomic E-state index is 11.8. The molecule has 0 saturated heterocycles. The minimum Gasteiger partial charge on any atom is -0.290 e. The first-order chi connectivity index (χ1) is 8.30. The maximum atomic E-state index is 11.8. The molecule has 96 valence electrons. The average molecular weight is 267 g/mol. The summed E-state index contributed by atoms with van der Waals surface area (Å²) in [5, 5.41) is 0.366. The van der Waals surface area contributed by atoms with E-state index in [0.717, 1.165) is 6.26 Å². The molecule has 0 radical (unpaired) electrons. The molecule has 0 aromatic carbocycles. The predicted octanol–water partition coefficient (Wildman–Crippen LogP) is 0.776. The lowest BCUT2D eigenvalue weighted by molar-refractivity contribution is 0.582. The first-order valence-electron chi connectivity index (χ1n) is 5.39. The molecule has 18 heavy (non-hydrogen) atoms. The van der Waals surface area contributed by atoms with Crippen molar-refractivity contribution in [3.8, 4) is 0 Å². The second-order valence-electron chi connectivity index (χ2n) is 4.34. The van der Waals surface area contributed by atoms with Crippen LogP contribution in [0.5, 0.6) is 0 Å². The Hall–Kier alpha value is -1.76. The highest BCUT2D eigenvalue weighted by molar-refractivity contribution is 7.90.